The molecule has 2 rings (SSSR count). The van der Waals surface area contributed by atoms with Gasteiger partial charge in [-0.05, 0) is 59.3 Å². The van der Waals surface area contributed by atoms with Crippen LogP contribution in [0.4, 0.5) is 5.69 Å². The molecule has 0 heterocycles. The predicted octanol–water partition coefficient (Wildman–Crippen LogP) is 3.55. The van der Waals surface area contributed by atoms with E-state index in [1.807, 2.05) is 41.6 Å². The van der Waals surface area contributed by atoms with Crippen LogP contribution in [0.3, 0.4) is 0 Å². The number of benzene rings is 2. The molecular formula is C15H12INO3. The molecule has 0 spiro atoms. The van der Waals surface area contributed by atoms with Crippen LogP contribution in [0, 0.1) is 10.5 Å². The Balaban J connectivity index is 2.27. The summed E-state index contributed by atoms with van der Waals surface area (Å²) in [6, 6.07) is 12.0. The van der Waals surface area contributed by atoms with Gasteiger partial charge in [0.05, 0.1) is 5.56 Å². The lowest BCUT2D eigenvalue weighted by Crippen LogP contribution is -2.14. The molecule has 0 bridgehead atoms. The van der Waals surface area contributed by atoms with E-state index in [0.29, 0.717) is 14.8 Å². The number of amides is 1. The van der Waals surface area contributed by atoms with Crippen molar-refractivity contribution in [3.8, 4) is 0 Å². The highest BCUT2D eigenvalue weighted by atomic mass is 127. The third-order valence-corrected chi connectivity index (χ3v) is 3.79. The van der Waals surface area contributed by atoms with Crippen molar-refractivity contribution in [2.24, 2.45) is 0 Å². The lowest BCUT2D eigenvalue weighted by molar-refractivity contribution is 0.0695. The molecule has 0 saturated heterocycles. The van der Waals surface area contributed by atoms with E-state index in [2.05, 4.69) is 5.32 Å². The Hall–Kier alpha value is -1.89. The maximum absolute atomic E-state index is 12.1. The normalized spacial score (nSPS) is 10.1. The predicted molar refractivity (Wildman–Crippen MR) is 85.3 cm³/mol. The van der Waals surface area contributed by atoms with E-state index in [-0.39, 0.29) is 11.5 Å². The van der Waals surface area contributed by atoms with Gasteiger partial charge >= 0.3 is 5.97 Å². The van der Waals surface area contributed by atoms with Crippen LogP contribution in [0.5, 0.6) is 0 Å². The van der Waals surface area contributed by atoms with Crippen molar-refractivity contribution in [2.45, 2.75) is 6.92 Å². The first-order chi connectivity index (χ1) is 9.49. The van der Waals surface area contributed by atoms with Gasteiger partial charge in [-0.2, -0.15) is 0 Å². The first-order valence-electron chi connectivity index (χ1n) is 5.89. The van der Waals surface area contributed by atoms with E-state index >= 15 is 0 Å². The van der Waals surface area contributed by atoms with Gasteiger partial charge in [0.25, 0.3) is 5.91 Å². The fourth-order valence-corrected chi connectivity index (χ4v) is 2.36. The van der Waals surface area contributed by atoms with Crippen LogP contribution in [0.2, 0.25) is 0 Å². The lowest BCUT2D eigenvalue weighted by Gasteiger charge is -2.09. The molecule has 0 saturated carbocycles. The Morgan fingerprint density at radius 2 is 1.80 bits per heavy atom. The van der Waals surface area contributed by atoms with E-state index in [4.69, 9.17) is 5.11 Å². The standard InChI is InChI=1S/C15H12INO3/c1-9-4-2-3-5-11(9)14(18)17-10-6-7-13(16)12(8-10)15(19)20/h2-8H,1H3,(H,17,18)(H,19,20). The SMILES string of the molecule is Cc1ccccc1C(=O)Nc1ccc(I)c(C(=O)O)c1. The van der Waals surface area contributed by atoms with Crippen LogP contribution < -0.4 is 5.32 Å². The Bertz CT molecular complexity index is 683. The quantitative estimate of drug-likeness (QED) is 0.800. The van der Waals surface area contributed by atoms with Crippen molar-refractivity contribution < 1.29 is 14.7 Å². The summed E-state index contributed by atoms with van der Waals surface area (Å²) in [6.45, 7) is 1.85. The van der Waals surface area contributed by atoms with Gasteiger partial charge in [0.1, 0.15) is 0 Å². The zero-order valence-corrected chi connectivity index (χ0v) is 12.8. The highest BCUT2D eigenvalue weighted by Crippen LogP contribution is 2.19. The zero-order chi connectivity index (χ0) is 14.7. The number of hydrogen-bond donors (Lipinski definition) is 2. The molecule has 0 aromatic heterocycles. The second kappa shape index (κ2) is 6.04. The molecule has 20 heavy (non-hydrogen) atoms. The monoisotopic (exact) mass is 381 g/mol. The van der Waals surface area contributed by atoms with E-state index < -0.39 is 5.97 Å². The molecule has 0 atom stereocenters. The number of carboxylic acids is 1. The van der Waals surface area contributed by atoms with Crippen molar-refractivity contribution in [1.29, 1.82) is 0 Å². The van der Waals surface area contributed by atoms with E-state index in [1.165, 1.54) is 6.07 Å². The van der Waals surface area contributed by atoms with Gasteiger partial charge in [-0.1, -0.05) is 18.2 Å². The minimum Gasteiger partial charge on any atom is -0.478 e. The molecule has 4 nitrogen and oxygen atoms in total. The smallest absolute Gasteiger partial charge is 0.336 e. The molecule has 0 unspecified atom stereocenters. The molecule has 5 heteroatoms. The van der Waals surface area contributed by atoms with Crippen LogP contribution in [0.15, 0.2) is 42.5 Å². The average molecular weight is 381 g/mol. The first kappa shape index (κ1) is 14.5. The molecule has 2 N–H and O–H groups in total. The van der Waals surface area contributed by atoms with Gasteiger partial charge in [0, 0.05) is 14.8 Å². The van der Waals surface area contributed by atoms with Gasteiger partial charge < -0.3 is 10.4 Å². The molecule has 0 aliphatic heterocycles. The summed E-state index contributed by atoms with van der Waals surface area (Å²) >= 11 is 1.95. The minimum atomic E-state index is -1.01. The Morgan fingerprint density at radius 1 is 1.10 bits per heavy atom. The number of aromatic carboxylic acids is 1. The van der Waals surface area contributed by atoms with E-state index in [1.54, 1.807) is 24.3 Å². The fraction of sp³-hybridized carbons (Fsp3) is 0.0667. The highest BCUT2D eigenvalue weighted by Gasteiger charge is 2.12. The van der Waals surface area contributed by atoms with Gasteiger partial charge in [-0.15, -0.1) is 0 Å². The summed E-state index contributed by atoms with van der Waals surface area (Å²) in [5.41, 5.74) is 2.08. The number of halogens is 1. The third-order valence-electron chi connectivity index (χ3n) is 2.84. The molecule has 0 aliphatic rings. The van der Waals surface area contributed by atoms with Crippen LogP contribution >= 0.6 is 22.6 Å². The second-order valence-electron chi connectivity index (χ2n) is 4.27. The Kier molecular flexibility index (Phi) is 4.39. The van der Waals surface area contributed by atoms with E-state index in [0.717, 1.165) is 5.56 Å². The number of rotatable bonds is 3. The average Bonchev–Trinajstić information content (AvgIpc) is 2.41. The summed E-state index contributed by atoms with van der Waals surface area (Å²) in [5, 5.41) is 11.8. The summed E-state index contributed by atoms with van der Waals surface area (Å²) in [4.78, 5) is 23.2. The van der Waals surface area contributed by atoms with Gasteiger partial charge in [0.2, 0.25) is 0 Å². The van der Waals surface area contributed by atoms with Crippen LogP contribution in [-0.2, 0) is 0 Å². The topological polar surface area (TPSA) is 66.4 Å². The van der Waals surface area contributed by atoms with E-state index in [9.17, 15) is 9.59 Å². The van der Waals surface area contributed by atoms with Crippen molar-refractivity contribution in [1.82, 2.24) is 0 Å². The largest absolute Gasteiger partial charge is 0.478 e. The summed E-state index contributed by atoms with van der Waals surface area (Å²) in [6.07, 6.45) is 0. The molecular weight excluding hydrogens is 369 g/mol. The maximum Gasteiger partial charge on any atom is 0.336 e. The summed E-state index contributed by atoms with van der Waals surface area (Å²) in [7, 11) is 0. The van der Waals surface area contributed by atoms with Crippen molar-refractivity contribution >= 4 is 40.2 Å². The molecule has 0 fully saturated rings. The first-order valence-corrected chi connectivity index (χ1v) is 6.96. The van der Waals surface area contributed by atoms with Crippen LogP contribution in [-0.4, -0.2) is 17.0 Å². The number of hydrogen-bond acceptors (Lipinski definition) is 2. The van der Waals surface area contributed by atoms with Crippen molar-refractivity contribution in [3.05, 3.63) is 62.7 Å². The molecule has 102 valence electrons. The number of carbonyl (C=O) groups excluding carboxylic acids is 1. The molecule has 1 amide bonds. The number of carboxylic acid groups (broad SMARTS) is 1. The molecule has 0 aliphatic carbocycles. The number of carbonyl (C=O) groups is 2. The number of aryl methyl sites for hydroxylation is 1. The van der Waals surface area contributed by atoms with Gasteiger partial charge in [0.15, 0.2) is 0 Å². The van der Waals surface area contributed by atoms with Gasteiger partial charge in [-0.25, -0.2) is 4.79 Å². The Morgan fingerprint density at radius 3 is 2.45 bits per heavy atom. The summed E-state index contributed by atoms with van der Waals surface area (Å²) in [5.74, 6) is -1.26. The third kappa shape index (κ3) is 3.16. The maximum atomic E-state index is 12.1. The molecule has 2 aromatic carbocycles. The van der Waals surface area contributed by atoms with Crippen LogP contribution in [0.1, 0.15) is 26.3 Å². The summed E-state index contributed by atoms with van der Waals surface area (Å²) < 4.78 is 0.629. The minimum absolute atomic E-state index is 0.174. The highest BCUT2D eigenvalue weighted by molar-refractivity contribution is 14.1. The second-order valence-corrected chi connectivity index (χ2v) is 5.43. The Labute approximate surface area is 130 Å². The lowest BCUT2D eigenvalue weighted by atomic mass is 10.1. The molecule has 0 radical (unpaired) electrons. The number of anilines is 1. The zero-order valence-electron chi connectivity index (χ0n) is 10.7. The van der Waals surface area contributed by atoms with Crippen LogP contribution in [0.25, 0.3) is 0 Å². The van der Waals surface area contributed by atoms with Crippen molar-refractivity contribution in [2.75, 3.05) is 5.32 Å². The molecule has 2 aromatic rings. The van der Waals surface area contributed by atoms with Crippen molar-refractivity contribution in [3.63, 3.8) is 0 Å². The van der Waals surface area contributed by atoms with Gasteiger partial charge in [-0.3, -0.25) is 4.79 Å². The number of nitrogens with one attached hydrogen (secondary N) is 1. The fourth-order valence-electron chi connectivity index (χ4n) is 1.79.